The summed E-state index contributed by atoms with van der Waals surface area (Å²) in [5, 5.41) is 2.47. The first kappa shape index (κ1) is 32.1. The molecule has 0 bridgehead atoms. The van der Waals surface area contributed by atoms with Crippen LogP contribution < -0.4 is 9.80 Å². The van der Waals surface area contributed by atoms with Crippen LogP contribution in [-0.2, 0) is 0 Å². The number of para-hydroxylation sites is 5. The molecule has 0 fully saturated rings. The molecule has 254 valence electrons. The minimum absolute atomic E-state index is 0.227. The van der Waals surface area contributed by atoms with Crippen LogP contribution in [-0.4, -0.2) is 4.57 Å². The lowest BCUT2D eigenvalue weighted by Crippen LogP contribution is -2.10. The zero-order valence-corrected chi connectivity index (χ0v) is 29.6. The van der Waals surface area contributed by atoms with Crippen molar-refractivity contribution >= 4 is 55.9 Å². The van der Waals surface area contributed by atoms with Crippen molar-refractivity contribution in [3.63, 3.8) is 0 Å². The summed E-state index contributed by atoms with van der Waals surface area (Å²) >= 11 is 0. The molecule has 53 heavy (non-hydrogen) atoms. The summed E-state index contributed by atoms with van der Waals surface area (Å²) in [5.41, 5.74) is 12.9. The summed E-state index contributed by atoms with van der Waals surface area (Å²) in [6, 6.07) is 76.1. The molecule has 0 aliphatic rings. The molecule has 1 aromatic heterocycles. The molecule has 0 amide bonds. The van der Waals surface area contributed by atoms with Crippen molar-refractivity contribution in [1.82, 2.24) is 4.57 Å². The lowest BCUT2D eigenvalue weighted by Gasteiger charge is -2.27. The lowest BCUT2D eigenvalue weighted by atomic mass is 9.92. The average Bonchev–Trinajstić information content (AvgIpc) is 3.57. The summed E-state index contributed by atoms with van der Waals surface area (Å²) in [4.78, 5) is 4.66. The summed E-state index contributed by atoms with van der Waals surface area (Å²) in [6.45, 7) is 2.29. The number of hydrogen-bond donors (Lipinski definition) is 0. The van der Waals surface area contributed by atoms with Crippen molar-refractivity contribution in [2.75, 3.05) is 9.80 Å². The maximum atomic E-state index is 2.37. The minimum Gasteiger partial charge on any atom is -0.311 e. The van der Waals surface area contributed by atoms with E-state index in [4.69, 9.17) is 0 Å². The third kappa shape index (κ3) is 6.13. The molecule has 8 aromatic carbocycles. The van der Waals surface area contributed by atoms with Crippen molar-refractivity contribution in [3.05, 3.63) is 223 Å². The third-order valence-electron chi connectivity index (χ3n) is 10.3. The number of benzene rings is 8. The largest absolute Gasteiger partial charge is 0.311 e. The highest BCUT2D eigenvalue weighted by Crippen LogP contribution is 2.41. The Morgan fingerprint density at radius 1 is 0.340 bits per heavy atom. The highest BCUT2D eigenvalue weighted by Gasteiger charge is 2.19. The van der Waals surface area contributed by atoms with E-state index in [2.05, 4.69) is 234 Å². The normalized spacial score (nSPS) is 11.8. The van der Waals surface area contributed by atoms with E-state index < -0.39 is 0 Å². The molecule has 3 nitrogen and oxygen atoms in total. The average molecular weight is 682 g/mol. The zero-order chi connectivity index (χ0) is 35.6. The fourth-order valence-electron chi connectivity index (χ4n) is 7.60. The van der Waals surface area contributed by atoms with Crippen LogP contribution in [0, 0.1) is 0 Å². The monoisotopic (exact) mass is 681 g/mol. The maximum absolute atomic E-state index is 2.37. The Hall–Kier alpha value is -6.84. The molecule has 0 saturated carbocycles. The van der Waals surface area contributed by atoms with Gasteiger partial charge in [-0.1, -0.05) is 122 Å². The number of anilines is 6. The first-order chi connectivity index (χ1) is 26.2. The van der Waals surface area contributed by atoms with Gasteiger partial charge in [-0.15, -0.1) is 0 Å². The molecule has 3 heteroatoms. The van der Waals surface area contributed by atoms with E-state index in [1.807, 2.05) is 0 Å². The van der Waals surface area contributed by atoms with Crippen molar-refractivity contribution < 1.29 is 0 Å². The van der Waals surface area contributed by atoms with E-state index in [0.29, 0.717) is 0 Å². The molecular weight excluding hydrogens is 643 g/mol. The number of hydrogen-bond acceptors (Lipinski definition) is 2. The smallest absolute Gasteiger partial charge is 0.0542 e. The highest BCUT2D eigenvalue weighted by atomic mass is 15.1. The third-order valence-corrected chi connectivity index (χ3v) is 10.3. The summed E-state index contributed by atoms with van der Waals surface area (Å²) in [7, 11) is 0. The van der Waals surface area contributed by atoms with Crippen molar-refractivity contribution in [3.8, 4) is 5.69 Å². The van der Waals surface area contributed by atoms with Gasteiger partial charge in [-0.2, -0.15) is 0 Å². The number of nitrogens with zero attached hydrogens (tertiary/aromatic N) is 3. The lowest BCUT2D eigenvalue weighted by molar-refractivity contribution is 0.922. The SMILES string of the molecule is CC(c1ccc(N(c2ccccc2)c2ccccc2)cc1)c1ccc(N(c2ccccc2)c2ccc3c(c2)c2ccccc2n3-c2ccccc2)cc1. The molecule has 1 heterocycles. The Morgan fingerprint density at radius 2 is 0.717 bits per heavy atom. The predicted octanol–water partition coefficient (Wildman–Crippen LogP) is 13.9. The second-order valence-electron chi connectivity index (χ2n) is 13.5. The van der Waals surface area contributed by atoms with Gasteiger partial charge in [0.2, 0.25) is 0 Å². The van der Waals surface area contributed by atoms with Crippen molar-refractivity contribution in [1.29, 1.82) is 0 Å². The molecule has 0 aliphatic carbocycles. The molecule has 0 aliphatic heterocycles. The Bertz CT molecular complexity index is 2560. The van der Waals surface area contributed by atoms with Crippen molar-refractivity contribution in [2.45, 2.75) is 12.8 Å². The van der Waals surface area contributed by atoms with Gasteiger partial charge >= 0.3 is 0 Å². The van der Waals surface area contributed by atoms with Gasteiger partial charge in [0, 0.05) is 56.5 Å². The maximum Gasteiger partial charge on any atom is 0.0542 e. The van der Waals surface area contributed by atoms with Crippen LogP contribution >= 0.6 is 0 Å². The molecule has 9 aromatic rings. The van der Waals surface area contributed by atoms with Gasteiger partial charge in [-0.3, -0.25) is 0 Å². The zero-order valence-electron chi connectivity index (χ0n) is 29.6. The van der Waals surface area contributed by atoms with Crippen LogP contribution in [0.2, 0.25) is 0 Å². The first-order valence-electron chi connectivity index (χ1n) is 18.3. The molecule has 1 atom stereocenters. The van der Waals surface area contributed by atoms with E-state index in [-0.39, 0.29) is 5.92 Å². The Kier molecular flexibility index (Phi) is 8.51. The van der Waals surface area contributed by atoms with Crippen LogP contribution in [0.5, 0.6) is 0 Å². The minimum atomic E-state index is 0.227. The first-order valence-corrected chi connectivity index (χ1v) is 18.3. The van der Waals surface area contributed by atoms with Crippen molar-refractivity contribution in [2.24, 2.45) is 0 Å². The standard InChI is InChI=1S/C50H39N3/c1-37(38-26-30-44(31-27-38)51(40-16-6-2-7-17-40)41-18-8-3-9-19-41)39-28-32-45(33-29-39)52(42-20-10-4-11-21-42)46-34-35-50-48(36-46)47-24-14-15-25-49(47)53(50)43-22-12-5-13-23-43/h2-37H,1H3. The molecular formula is C50H39N3. The Labute approximate surface area is 311 Å². The topological polar surface area (TPSA) is 11.4 Å². The molecule has 1 unspecified atom stereocenters. The van der Waals surface area contributed by atoms with Crippen LogP contribution in [0.1, 0.15) is 24.0 Å². The van der Waals surface area contributed by atoms with Gasteiger partial charge < -0.3 is 14.4 Å². The molecule has 0 spiro atoms. The summed E-state index contributed by atoms with van der Waals surface area (Å²) in [6.07, 6.45) is 0. The fourth-order valence-corrected chi connectivity index (χ4v) is 7.60. The second-order valence-corrected chi connectivity index (χ2v) is 13.5. The number of fused-ring (bicyclic) bond motifs is 3. The van der Waals surface area contributed by atoms with Crippen LogP contribution in [0.4, 0.5) is 34.1 Å². The van der Waals surface area contributed by atoms with E-state index in [1.54, 1.807) is 0 Å². The van der Waals surface area contributed by atoms with Crippen LogP contribution in [0.25, 0.3) is 27.5 Å². The highest BCUT2D eigenvalue weighted by molar-refractivity contribution is 6.10. The van der Waals surface area contributed by atoms with E-state index in [9.17, 15) is 0 Å². The molecule has 9 rings (SSSR count). The van der Waals surface area contributed by atoms with Gasteiger partial charge in [0.15, 0.2) is 0 Å². The quantitative estimate of drug-likeness (QED) is 0.150. The fraction of sp³-hybridized carbons (Fsp3) is 0.0400. The van der Waals surface area contributed by atoms with Gasteiger partial charge in [-0.25, -0.2) is 0 Å². The second kappa shape index (κ2) is 14.1. The Morgan fingerprint density at radius 3 is 1.23 bits per heavy atom. The number of aromatic nitrogens is 1. The summed E-state index contributed by atoms with van der Waals surface area (Å²) < 4.78 is 2.37. The van der Waals surface area contributed by atoms with Crippen LogP contribution in [0.15, 0.2) is 212 Å². The van der Waals surface area contributed by atoms with Crippen LogP contribution in [0.3, 0.4) is 0 Å². The van der Waals surface area contributed by atoms with E-state index in [0.717, 1.165) is 39.8 Å². The van der Waals surface area contributed by atoms with Gasteiger partial charge in [0.1, 0.15) is 0 Å². The number of rotatable bonds is 9. The Balaban J connectivity index is 1.05. The summed E-state index contributed by atoms with van der Waals surface area (Å²) in [5.74, 6) is 0.227. The van der Waals surface area contributed by atoms with Gasteiger partial charge in [0.05, 0.1) is 11.0 Å². The molecule has 0 N–H and O–H groups in total. The predicted molar refractivity (Wildman–Crippen MR) is 224 cm³/mol. The van der Waals surface area contributed by atoms with Gasteiger partial charge in [-0.05, 0) is 108 Å². The molecule has 0 radical (unpaired) electrons. The molecule has 0 saturated heterocycles. The van der Waals surface area contributed by atoms with E-state index >= 15 is 0 Å². The van der Waals surface area contributed by atoms with Gasteiger partial charge in [0.25, 0.3) is 0 Å². The van der Waals surface area contributed by atoms with E-state index in [1.165, 1.54) is 32.9 Å².